The van der Waals surface area contributed by atoms with Gasteiger partial charge in [0, 0.05) is 28.9 Å². The van der Waals surface area contributed by atoms with Crippen molar-refractivity contribution in [2.24, 2.45) is 0 Å². The Morgan fingerprint density at radius 2 is 1.71 bits per heavy atom. The zero-order valence-electron chi connectivity index (χ0n) is 15.9. The Balaban J connectivity index is 1.73. The first-order valence-corrected chi connectivity index (χ1v) is 11.4. The lowest BCUT2D eigenvalue weighted by molar-refractivity contribution is 0.0730. The van der Waals surface area contributed by atoms with E-state index < -0.39 is 10.0 Å². The first-order valence-electron chi connectivity index (χ1n) is 9.13. The summed E-state index contributed by atoms with van der Waals surface area (Å²) >= 11 is 1.63. The van der Waals surface area contributed by atoms with Crippen LogP contribution in [0.4, 0.5) is 5.69 Å². The Morgan fingerprint density at radius 3 is 2.36 bits per heavy atom. The van der Waals surface area contributed by atoms with E-state index in [9.17, 15) is 13.2 Å². The average Bonchev–Trinajstić information content (AvgIpc) is 2.69. The minimum absolute atomic E-state index is 0.211. The number of amides is 1. The third-order valence-corrected chi connectivity index (χ3v) is 7.21. The number of benzene rings is 2. The van der Waals surface area contributed by atoms with Crippen LogP contribution in [-0.2, 0) is 14.8 Å². The second-order valence-corrected chi connectivity index (χ2v) is 10.2. The number of rotatable bonds is 6. The highest BCUT2D eigenvalue weighted by Crippen LogP contribution is 2.27. The molecule has 0 bridgehead atoms. The van der Waals surface area contributed by atoms with Gasteiger partial charge in [0.05, 0.1) is 23.7 Å². The van der Waals surface area contributed by atoms with Gasteiger partial charge in [0.15, 0.2) is 0 Å². The maximum atomic E-state index is 12.7. The SMILES string of the molecule is CC(C)Sc1ccccc1C(=O)Nc1ccc(S(=O)(=O)N2CCOCC2)cc1. The molecular formula is C20H24N2O4S2. The molecule has 1 amide bonds. The van der Waals surface area contributed by atoms with Crippen LogP contribution in [0, 0.1) is 0 Å². The predicted octanol–water partition coefficient (Wildman–Crippen LogP) is 3.46. The lowest BCUT2D eigenvalue weighted by Gasteiger charge is -2.26. The molecule has 1 heterocycles. The quantitative estimate of drug-likeness (QED) is 0.725. The van der Waals surface area contributed by atoms with E-state index in [1.54, 1.807) is 30.0 Å². The monoisotopic (exact) mass is 420 g/mol. The summed E-state index contributed by atoms with van der Waals surface area (Å²) in [6, 6.07) is 13.7. The molecule has 1 aliphatic rings. The van der Waals surface area contributed by atoms with Crippen molar-refractivity contribution < 1.29 is 17.9 Å². The second kappa shape index (κ2) is 9.09. The number of nitrogens with zero attached hydrogens (tertiary/aromatic N) is 1. The summed E-state index contributed by atoms with van der Waals surface area (Å²) in [6.45, 7) is 5.67. The average molecular weight is 421 g/mol. The summed E-state index contributed by atoms with van der Waals surface area (Å²) in [6.07, 6.45) is 0. The molecule has 1 aliphatic heterocycles. The van der Waals surface area contributed by atoms with Crippen molar-refractivity contribution in [3.05, 3.63) is 54.1 Å². The molecule has 8 heteroatoms. The van der Waals surface area contributed by atoms with Gasteiger partial charge >= 0.3 is 0 Å². The first-order chi connectivity index (χ1) is 13.4. The Hall–Kier alpha value is -1.87. The van der Waals surface area contributed by atoms with E-state index in [0.29, 0.717) is 42.8 Å². The molecule has 2 aromatic rings. The van der Waals surface area contributed by atoms with E-state index in [2.05, 4.69) is 19.2 Å². The summed E-state index contributed by atoms with van der Waals surface area (Å²) < 4.78 is 32.0. The third-order valence-electron chi connectivity index (χ3n) is 4.21. The molecule has 1 N–H and O–H groups in total. The van der Waals surface area contributed by atoms with E-state index in [1.807, 2.05) is 18.2 Å². The molecule has 0 saturated carbocycles. The van der Waals surface area contributed by atoms with E-state index in [-0.39, 0.29) is 10.8 Å². The molecule has 1 fully saturated rings. The molecule has 0 aliphatic carbocycles. The van der Waals surface area contributed by atoms with E-state index in [0.717, 1.165) is 4.90 Å². The minimum atomic E-state index is -3.54. The molecule has 0 unspecified atom stereocenters. The van der Waals surface area contributed by atoms with E-state index >= 15 is 0 Å². The van der Waals surface area contributed by atoms with Gasteiger partial charge in [-0.1, -0.05) is 26.0 Å². The molecular weight excluding hydrogens is 396 g/mol. The smallest absolute Gasteiger partial charge is 0.256 e. The summed E-state index contributed by atoms with van der Waals surface area (Å²) in [7, 11) is -3.54. The number of carbonyl (C=O) groups excluding carboxylic acids is 1. The second-order valence-electron chi connectivity index (χ2n) is 6.66. The topological polar surface area (TPSA) is 75.7 Å². The van der Waals surface area contributed by atoms with Gasteiger partial charge in [0.2, 0.25) is 10.0 Å². The van der Waals surface area contributed by atoms with Crippen molar-refractivity contribution in [2.45, 2.75) is 28.9 Å². The number of hydrogen-bond donors (Lipinski definition) is 1. The standard InChI is InChI=1S/C20H24N2O4S2/c1-15(2)27-19-6-4-3-5-18(19)20(23)21-16-7-9-17(10-8-16)28(24,25)22-11-13-26-14-12-22/h3-10,15H,11-14H2,1-2H3,(H,21,23). The largest absolute Gasteiger partial charge is 0.379 e. The van der Waals surface area contributed by atoms with Crippen molar-refractivity contribution in [3.8, 4) is 0 Å². The number of thioether (sulfide) groups is 1. The van der Waals surface area contributed by atoms with Gasteiger partial charge in [-0.2, -0.15) is 4.31 Å². The molecule has 0 spiro atoms. The zero-order chi connectivity index (χ0) is 20.1. The van der Waals surface area contributed by atoms with Crippen molar-refractivity contribution in [2.75, 3.05) is 31.6 Å². The van der Waals surface area contributed by atoms with Crippen LogP contribution in [0.25, 0.3) is 0 Å². The van der Waals surface area contributed by atoms with Crippen molar-refractivity contribution in [1.82, 2.24) is 4.31 Å². The lowest BCUT2D eigenvalue weighted by atomic mass is 10.2. The van der Waals surface area contributed by atoms with Gasteiger partial charge in [-0.3, -0.25) is 4.79 Å². The molecule has 0 radical (unpaired) electrons. The van der Waals surface area contributed by atoms with Gasteiger partial charge in [0.25, 0.3) is 5.91 Å². The first kappa shape index (κ1) is 20.9. The minimum Gasteiger partial charge on any atom is -0.379 e. The summed E-state index contributed by atoms with van der Waals surface area (Å²) in [5.74, 6) is -0.215. The van der Waals surface area contributed by atoms with E-state index in [1.165, 1.54) is 16.4 Å². The molecule has 0 atom stereocenters. The third kappa shape index (κ3) is 4.94. The van der Waals surface area contributed by atoms with Crippen molar-refractivity contribution >= 4 is 33.4 Å². The maximum absolute atomic E-state index is 12.7. The molecule has 28 heavy (non-hydrogen) atoms. The molecule has 0 aromatic heterocycles. The number of carbonyl (C=O) groups is 1. The van der Waals surface area contributed by atoms with Crippen LogP contribution in [0.2, 0.25) is 0 Å². The zero-order valence-corrected chi connectivity index (χ0v) is 17.6. The number of nitrogens with one attached hydrogen (secondary N) is 1. The summed E-state index contributed by atoms with van der Waals surface area (Å²) in [5.41, 5.74) is 1.15. The molecule has 2 aromatic carbocycles. The summed E-state index contributed by atoms with van der Waals surface area (Å²) in [4.78, 5) is 13.8. The maximum Gasteiger partial charge on any atom is 0.256 e. The lowest BCUT2D eigenvalue weighted by Crippen LogP contribution is -2.40. The molecule has 150 valence electrons. The number of sulfonamides is 1. The van der Waals surface area contributed by atoms with Crippen LogP contribution >= 0.6 is 11.8 Å². The molecule has 1 saturated heterocycles. The summed E-state index contributed by atoms with van der Waals surface area (Å²) in [5, 5.41) is 3.21. The van der Waals surface area contributed by atoms with Gasteiger partial charge in [-0.05, 0) is 36.4 Å². The highest BCUT2D eigenvalue weighted by Gasteiger charge is 2.26. The number of hydrogen-bond acceptors (Lipinski definition) is 5. The number of anilines is 1. The van der Waals surface area contributed by atoms with Crippen LogP contribution < -0.4 is 5.32 Å². The van der Waals surface area contributed by atoms with Gasteiger partial charge in [0.1, 0.15) is 0 Å². The Kier molecular flexibility index (Phi) is 6.77. The van der Waals surface area contributed by atoms with Crippen molar-refractivity contribution in [1.29, 1.82) is 0 Å². The Morgan fingerprint density at radius 1 is 1.07 bits per heavy atom. The van der Waals surface area contributed by atoms with Crippen LogP contribution in [0.1, 0.15) is 24.2 Å². The fourth-order valence-electron chi connectivity index (χ4n) is 2.86. The van der Waals surface area contributed by atoms with Gasteiger partial charge in [-0.25, -0.2) is 8.42 Å². The van der Waals surface area contributed by atoms with Crippen LogP contribution in [-0.4, -0.2) is 50.2 Å². The highest BCUT2D eigenvalue weighted by molar-refractivity contribution is 8.00. The Bertz CT molecular complexity index is 921. The van der Waals surface area contributed by atoms with Crippen molar-refractivity contribution in [3.63, 3.8) is 0 Å². The highest BCUT2D eigenvalue weighted by atomic mass is 32.2. The van der Waals surface area contributed by atoms with Gasteiger partial charge < -0.3 is 10.1 Å². The van der Waals surface area contributed by atoms with E-state index in [4.69, 9.17) is 4.74 Å². The van der Waals surface area contributed by atoms with Crippen LogP contribution in [0.3, 0.4) is 0 Å². The number of morpholine rings is 1. The van der Waals surface area contributed by atoms with Crippen LogP contribution in [0.5, 0.6) is 0 Å². The fourth-order valence-corrected chi connectivity index (χ4v) is 5.22. The Labute approximate surface area is 170 Å². The van der Waals surface area contributed by atoms with Gasteiger partial charge in [-0.15, -0.1) is 11.8 Å². The predicted molar refractivity (Wildman–Crippen MR) is 111 cm³/mol. The normalized spacial score (nSPS) is 15.5. The number of ether oxygens (including phenoxy) is 1. The fraction of sp³-hybridized carbons (Fsp3) is 0.350. The molecule has 6 nitrogen and oxygen atoms in total. The van der Waals surface area contributed by atoms with Crippen LogP contribution in [0.15, 0.2) is 58.3 Å². The molecule has 3 rings (SSSR count).